The summed E-state index contributed by atoms with van der Waals surface area (Å²) in [7, 11) is 0. The highest BCUT2D eigenvalue weighted by Crippen LogP contribution is 2.30. The van der Waals surface area contributed by atoms with Crippen molar-refractivity contribution in [3.63, 3.8) is 0 Å². The summed E-state index contributed by atoms with van der Waals surface area (Å²) in [6.07, 6.45) is 2.45. The summed E-state index contributed by atoms with van der Waals surface area (Å²) in [5.74, 6) is -0.224. The zero-order chi connectivity index (χ0) is 17.6. The first-order valence-corrected chi connectivity index (χ1v) is 8.60. The second kappa shape index (κ2) is 6.11. The molecule has 2 aliphatic heterocycles. The second-order valence-electron chi connectivity index (χ2n) is 6.56. The topological polar surface area (TPSA) is 82.2 Å². The Hall–Kier alpha value is -2.48. The molecule has 2 aliphatic rings. The van der Waals surface area contributed by atoms with E-state index in [0.717, 1.165) is 17.8 Å². The van der Waals surface area contributed by atoms with Crippen LogP contribution in [0.25, 0.3) is 0 Å². The first-order valence-electron chi connectivity index (χ1n) is 8.60. The number of nitrogens with zero attached hydrogens (tertiary/aromatic N) is 5. The van der Waals surface area contributed by atoms with E-state index in [9.17, 15) is 9.59 Å². The number of aryl methyl sites for hydroxylation is 1. The molecule has 0 aliphatic carbocycles. The third kappa shape index (κ3) is 2.57. The Balaban J connectivity index is 1.62. The van der Waals surface area contributed by atoms with Gasteiger partial charge in [-0.15, -0.1) is 5.10 Å². The normalized spacial score (nSPS) is 22.4. The van der Waals surface area contributed by atoms with Crippen LogP contribution >= 0.6 is 0 Å². The van der Waals surface area contributed by atoms with Gasteiger partial charge in [0.1, 0.15) is 5.56 Å². The van der Waals surface area contributed by atoms with Gasteiger partial charge in [0.2, 0.25) is 0 Å². The molecule has 2 aromatic heterocycles. The van der Waals surface area contributed by atoms with Crippen molar-refractivity contribution < 1.29 is 9.53 Å². The lowest BCUT2D eigenvalue weighted by Crippen LogP contribution is -2.50. The molecule has 0 radical (unpaired) electrons. The monoisotopic (exact) mass is 343 g/mol. The largest absolute Gasteiger partial charge is 0.370 e. The molecule has 1 amide bonds. The van der Waals surface area contributed by atoms with Gasteiger partial charge in [0.25, 0.3) is 11.5 Å². The van der Waals surface area contributed by atoms with Crippen LogP contribution in [-0.4, -0.2) is 49.6 Å². The minimum absolute atomic E-state index is 0.0311. The molecule has 132 valence electrons. The predicted octanol–water partition coefficient (Wildman–Crippen LogP) is 0.754. The summed E-state index contributed by atoms with van der Waals surface area (Å²) in [6, 6.07) is 3.41. The Bertz CT molecular complexity index is 871. The number of carbonyl (C=O) groups is 1. The van der Waals surface area contributed by atoms with Crippen LogP contribution < -0.4 is 5.56 Å². The van der Waals surface area contributed by atoms with Crippen LogP contribution in [0.1, 0.15) is 41.1 Å². The molecule has 0 N–H and O–H groups in total. The van der Waals surface area contributed by atoms with E-state index < -0.39 is 0 Å². The fourth-order valence-corrected chi connectivity index (χ4v) is 3.76. The third-order valence-corrected chi connectivity index (χ3v) is 5.15. The predicted molar refractivity (Wildman–Crippen MR) is 89.3 cm³/mol. The first-order chi connectivity index (χ1) is 12.1. The molecule has 0 bridgehead atoms. The van der Waals surface area contributed by atoms with Gasteiger partial charge in [-0.05, 0) is 32.4 Å². The molecule has 0 unspecified atom stereocenters. The van der Waals surface area contributed by atoms with Crippen molar-refractivity contribution in [1.29, 1.82) is 0 Å². The van der Waals surface area contributed by atoms with Crippen LogP contribution in [0.3, 0.4) is 0 Å². The summed E-state index contributed by atoms with van der Waals surface area (Å²) in [5, 5.41) is 8.09. The number of aromatic nitrogens is 4. The Morgan fingerprint density at radius 3 is 3.04 bits per heavy atom. The van der Waals surface area contributed by atoms with Crippen LogP contribution in [0.5, 0.6) is 0 Å². The van der Waals surface area contributed by atoms with E-state index in [-0.39, 0.29) is 29.2 Å². The van der Waals surface area contributed by atoms with Gasteiger partial charge in [0.05, 0.1) is 30.6 Å². The maximum atomic E-state index is 13.0. The van der Waals surface area contributed by atoms with Gasteiger partial charge in [0.15, 0.2) is 0 Å². The minimum atomic E-state index is -0.226. The molecular formula is C17H21N5O3. The maximum absolute atomic E-state index is 13.0. The Kier molecular flexibility index (Phi) is 3.91. The highest BCUT2D eigenvalue weighted by atomic mass is 16.5. The number of piperidine rings is 1. The van der Waals surface area contributed by atoms with Gasteiger partial charge >= 0.3 is 0 Å². The van der Waals surface area contributed by atoms with Crippen LogP contribution in [0.4, 0.5) is 0 Å². The number of likely N-dealkylation sites (tertiary alicyclic amines) is 1. The molecule has 25 heavy (non-hydrogen) atoms. The molecular weight excluding hydrogens is 322 g/mol. The van der Waals surface area contributed by atoms with Gasteiger partial charge in [-0.1, -0.05) is 5.21 Å². The highest BCUT2D eigenvalue weighted by molar-refractivity contribution is 5.94. The number of carbonyl (C=O) groups excluding carboxylic acids is 1. The van der Waals surface area contributed by atoms with Gasteiger partial charge in [0, 0.05) is 25.3 Å². The van der Waals surface area contributed by atoms with E-state index in [4.69, 9.17) is 4.74 Å². The van der Waals surface area contributed by atoms with Crippen molar-refractivity contribution in [3.05, 3.63) is 45.6 Å². The molecule has 8 nitrogen and oxygen atoms in total. The average molecular weight is 343 g/mol. The second-order valence-corrected chi connectivity index (χ2v) is 6.56. The SMILES string of the molecule is CCn1c(C)ccc(C(=O)N2CC[C@@H]3OCc4cnnn4[C@@H]3C2)c1=O. The maximum Gasteiger partial charge on any atom is 0.263 e. The van der Waals surface area contributed by atoms with E-state index in [1.54, 1.807) is 21.7 Å². The minimum Gasteiger partial charge on any atom is -0.370 e. The molecule has 1 fully saturated rings. The smallest absolute Gasteiger partial charge is 0.263 e. The molecule has 2 atom stereocenters. The third-order valence-electron chi connectivity index (χ3n) is 5.15. The van der Waals surface area contributed by atoms with Crippen molar-refractivity contribution >= 4 is 5.91 Å². The molecule has 2 aromatic rings. The molecule has 0 spiro atoms. The molecule has 4 rings (SSSR count). The molecule has 1 saturated heterocycles. The van der Waals surface area contributed by atoms with E-state index in [2.05, 4.69) is 10.3 Å². The average Bonchev–Trinajstić information content (AvgIpc) is 3.10. The van der Waals surface area contributed by atoms with Gasteiger partial charge in [-0.3, -0.25) is 9.59 Å². The summed E-state index contributed by atoms with van der Waals surface area (Å²) in [6.45, 7) is 5.87. The summed E-state index contributed by atoms with van der Waals surface area (Å²) in [5.41, 5.74) is 1.77. The summed E-state index contributed by atoms with van der Waals surface area (Å²) < 4.78 is 9.35. The zero-order valence-electron chi connectivity index (χ0n) is 14.4. The number of rotatable bonds is 2. The summed E-state index contributed by atoms with van der Waals surface area (Å²) in [4.78, 5) is 27.3. The van der Waals surface area contributed by atoms with E-state index >= 15 is 0 Å². The van der Waals surface area contributed by atoms with Crippen LogP contribution in [0.15, 0.2) is 23.1 Å². The van der Waals surface area contributed by atoms with E-state index in [0.29, 0.717) is 26.2 Å². The fourth-order valence-electron chi connectivity index (χ4n) is 3.76. The Morgan fingerprint density at radius 2 is 2.24 bits per heavy atom. The number of amides is 1. The molecule has 0 saturated carbocycles. The summed E-state index contributed by atoms with van der Waals surface area (Å²) >= 11 is 0. The number of hydrogen-bond acceptors (Lipinski definition) is 5. The quantitative estimate of drug-likeness (QED) is 0.804. The molecule has 0 aromatic carbocycles. The molecule has 4 heterocycles. The van der Waals surface area contributed by atoms with Crippen LogP contribution in [0.2, 0.25) is 0 Å². The highest BCUT2D eigenvalue weighted by Gasteiger charge is 2.38. The lowest BCUT2D eigenvalue weighted by Gasteiger charge is -2.40. The first kappa shape index (κ1) is 16.0. The molecule has 8 heteroatoms. The fraction of sp³-hybridized carbons (Fsp3) is 0.529. The van der Waals surface area contributed by atoms with Crippen molar-refractivity contribution in [2.24, 2.45) is 0 Å². The number of hydrogen-bond donors (Lipinski definition) is 0. The zero-order valence-corrected chi connectivity index (χ0v) is 14.4. The number of pyridine rings is 1. The van der Waals surface area contributed by atoms with Gasteiger partial charge < -0.3 is 14.2 Å². The van der Waals surface area contributed by atoms with Crippen LogP contribution in [0, 0.1) is 6.92 Å². The van der Waals surface area contributed by atoms with Gasteiger partial charge in [-0.2, -0.15) is 0 Å². The standard InChI is InChI=1S/C17H21N5O3/c1-3-21-11(2)4-5-13(17(21)24)16(23)20-7-6-15-14(9-20)22-12(10-25-15)8-18-19-22/h4-5,8,14-15H,3,6-7,9-10H2,1-2H3/t14-,15+/m1/s1. The number of ether oxygens (including phenoxy) is 1. The lowest BCUT2D eigenvalue weighted by molar-refractivity contribution is -0.0605. The van der Waals surface area contributed by atoms with Crippen LogP contribution in [-0.2, 0) is 17.9 Å². The van der Waals surface area contributed by atoms with Gasteiger partial charge in [-0.25, -0.2) is 4.68 Å². The van der Waals surface area contributed by atoms with Crippen molar-refractivity contribution in [1.82, 2.24) is 24.5 Å². The Labute approximate surface area is 145 Å². The van der Waals surface area contributed by atoms with E-state index in [1.807, 2.05) is 24.6 Å². The lowest BCUT2D eigenvalue weighted by atomic mass is 9.99. The Morgan fingerprint density at radius 1 is 1.40 bits per heavy atom. The van der Waals surface area contributed by atoms with E-state index in [1.165, 1.54) is 0 Å². The van der Waals surface area contributed by atoms with Crippen molar-refractivity contribution in [2.75, 3.05) is 13.1 Å². The number of fused-ring (bicyclic) bond motifs is 3. The van der Waals surface area contributed by atoms with Crippen molar-refractivity contribution in [3.8, 4) is 0 Å². The van der Waals surface area contributed by atoms with Crippen molar-refractivity contribution in [2.45, 2.75) is 45.6 Å².